The van der Waals surface area contributed by atoms with Crippen LogP contribution in [-0.4, -0.2) is 38.5 Å². The summed E-state index contributed by atoms with van der Waals surface area (Å²) in [5, 5.41) is 0.952. The molecule has 2 N–H and O–H groups in total. The van der Waals surface area contributed by atoms with Crippen LogP contribution in [0.3, 0.4) is 0 Å². The highest BCUT2D eigenvalue weighted by Gasteiger charge is 2.03. The van der Waals surface area contributed by atoms with Crippen molar-refractivity contribution in [3.63, 3.8) is 0 Å². The largest absolute Gasteiger partial charge is 0.490 e. The summed E-state index contributed by atoms with van der Waals surface area (Å²) >= 11 is 0. The van der Waals surface area contributed by atoms with Gasteiger partial charge in [-0.25, -0.2) is 0 Å². The van der Waals surface area contributed by atoms with Gasteiger partial charge in [-0.2, -0.15) is 0 Å². The summed E-state index contributed by atoms with van der Waals surface area (Å²) in [5.41, 5.74) is 7.26. The Morgan fingerprint density at radius 3 is 2.79 bits per heavy atom. The standard InChI is InChI=1S/C14H18N2O3/c1-17-6-7-18-8-9-19-14-4-5-16-13-10-11(15)2-3-12(13)14/h2-5,10H,6-9,15H2,1H3. The number of benzene rings is 1. The number of hydrogen-bond donors (Lipinski definition) is 1. The molecule has 0 aliphatic rings. The number of fused-ring (bicyclic) bond motifs is 1. The van der Waals surface area contributed by atoms with Gasteiger partial charge in [-0.1, -0.05) is 0 Å². The van der Waals surface area contributed by atoms with Gasteiger partial charge in [0.15, 0.2) is 0 Å². The number of hydrogen-bond acceptors (Lipinski definition) is 5. The maximum atomic E-state index is 5.73. The molecule has 0 saturated heterocycles. The smallest absolute Gasteiger partial charge is 0.130 e. The third kappa shape index (κ3) is 3.81. The summed E-state index contributed by atoms with van der Waals surface area (Å²) in [7, 11) is 1.65. The van der Waals surface area contributed by atoms with E-state index in [1.807, 2.05) is 24.3 Å². The molecule has 5 heteroatoms. The predicted molar refractivity (Wildman–Crippen MR) is 74.3 cm³/mol. The molecule has 0 aliphatic heterocycles. The van der Waals surface area contributed by atoms with Crippen molar-refractivity contribution < 1.29 is 14.2 Å². The second-order valence-electron chi connectivity index (χ2n) is 4.04. The topological polar surface area (TPSA) is 66.6 Å². The molecule has 0 bridgehead atoms. The van der Waals surface area contributed by atoms with Crippen LogP contribution in [0, 0.1) is 0 Å². The van der Waals surface area contributed by atoms with Crippen LogP contribution >= 0.6 is 0 Å². The van der Waals surface area contributed by atoms with Gasteiger partial charge >= 0.3 is 0 Å². The van der Waals surface area contributed by atoms with E-state index in [9.17, 15) is 0 Å². The van der Waals surface area contributed by atoms with Crippen molar-refractivity contribution in [2.45, 2.75) is 0 Å². The van der Waals surface area contributed by atoms with Crippen molar-refractivity contribution in [1.82, 2.24) is 4.98 Å². The minimum absolute atomic E-state index is 0.493. The van der Waals surface area contributed by atoms with E-state index in [1.165, 1.54) is 0 Å². The van der Waals surface area contributed by atoms with E-state index in [4.69, 9.17) is 19.9 Å². The van der Waals surface area contributed by atoms with E-state index in [0.29, 0.717) is 32.1 Å². The van der Waals surface area contributed by atoms with E-state index < -0.39 is 0 Å². The highest BCUT2D eigenvalue weighted by molar-refractivity contribution is 5.87. The molecule has 2 rings (SSSR count). The fourth-order valence-corrected chi connectivity index (χ4v) is 1.72. The summed E-state index contributed by atoms with van der Waals surface area (Å²) in [6, 6.07) is 7.43. The third-order valence-corrected chi connectivity index (χ3v) is 2.64. The highest BCUT2D eigenvalue weighted by Crippen LogP contribution is 2.25. The molecular weight excluding hydrogens is 244 g/mol. The Bertz CT molecular complexity index is 531. The van der Waals surface area contributed by atoms with Gasteiger partial charge in [-0.3, -0.25) is 4.98 Å². The zero-order valence-electron chi connectivity index (χ0n) is 11.0. The quantitative estimate of drug-likeness (QED) is 0.609. The molecule has 0 atom stereocenters. The summed E-state index contributed by atoms with van der Waals surface area (Å²) in [4.78, 5) is 4.26. The molecule has 0 saturated carbocycles. The average molecular weight is 262 g/mol. The van der Waals surface area contributed by atoms with Crippen LogP contribution in [0.2, 0.25) is 0 Å². The number of nitrogen functional groups attached to an aromatic ring is 1. The van der Waals surface area contributed by atoms with Crippen molar-refractivity contribution >= 4 is 16.6 Å². The lowest BCUT2D eigenvalue weighted by molar-refractivity contribution is 0.0546. The number of pyridine rings is 1. The lowest BCUT2D eigenvalue weighted by Gasteiger charge is -2.09. The molecule has 0 spiro atoms. The molecule has 1 aromatic heterocycles. The molecule has 1 heterocycles. The highest BCUT2D eigenvalue weighted by atomic mass is 16.5. The summed E-state index contributed by atoms with van der Waals surface area (Å²) in [5.74, 6) is 0.792. The van der Waals surface area contributed by atoms with Crippen molar-refractivity contribution in [3.8, 4) is 5.75 Å². The molecule has 0 unspecified atom stereocenters. The number of aromatic nitrogens is 1. The molecule has 0 aliphatic carbocycles. The number of ether oxygens (including phenoxy) is 3. The summed E-state index contributed by atoms with van der Waals surface area (Å²) in [6.07, 6.45) is 1.71. The fraction of sp³-hybridized carbons (Fsp3) is 0.357. The van der Waals surface area contributed by atoms with Crippen molar-refractivity contribution in [3.05, 3.63) is 30.5 Å². The average Bonchev–Trinajstić information content (AvgIpc) is 2.42. The van der Waals surface area contributed by atoms with Crippen molar-refractivity contribution in [1.29, 1.82) is 0 Å². The van der Waals surface area contributed by atoms with Gasteiger partial charge in [0.05, 0.1) is 25.3 Å². The molecule has 0 radical (unpaired) electrons. The monoisotopic (exact) mass is 262 g/mol. The first kappa shape index (κ1) is 13.6. The maximum absolute atomic E-state index is 5.73. The van der Waals surface area contributed by atoms with Crippen LogP contribution in [-0.2, 0) is 9.47 Å². The van der Waals surface area contributed by atoms with E-state index in [1.54, 1.807) is 13.3 Å². The Hall–Kier alpha value is -1.85. The maximum Gasteiger partial charge on any atom is 0.130 e. The van der Waals surface area contributed by atoms with Crippen LogP contribution in [0.15, 0.2) is 30.5 Å². The van der Waals surface area contributed by atoms with Crippen LogP contribution in [0.4, 0.5) is 5.69 Å². The van der Waals surface area contributed by atoms with Gasteiger partial charge in [-0.15, -0.1) is 0 Å². The second kappa shape index (κ2) is 6.92. The SMILES string of the molecule is COCCOCCOc1ccnc2cc(N)ccc12. The number of rotatable bonds is 7. The van der Waals surface area contributed by atoms with Crippen LogP contribution in [0.5, 0.6) is 5.75 Å². The molecule has 0 amide bonds. The molecule has 5 nitrogen and oxygen atoms in total. The van der Waals surface area contributed by atoms with E-state index in [0.717, 1.165) is 16.7 Å². The Balaban J connectivity index is 1.93. The van der Waals surface area contributed by atoms with Gasteiger partial charge in [0.1, 0.15) is 12.4 Å². The summed E-state index contributed by atoms with van der Waals surface area (Å²) < 4.78 is 15.9. The molecular formula is C14H18N2O3. The Morgan fingerprint density at radius 1 is 1.11 bits per heavy atom. The van der Waals surface area contributed by atoms with Crippen molar-refractivity contribution in [2.24, 2.45) is 0 Å². The van der Waals surface area contributed by atoms with Gasteiger partial charge in [-0.05, 0) is 24.3 Å². The van der Waals surface area contributed by atoms with Gasteiger partial charge in [0, 0.05) is 24.4 Å². The van der Waals surface area contributed by atoms with E-state index in [2.05, 4.69) is 4.98 Å². The summed E-state index contributed by atoms with van der Waals surface area (Å²) in [6.45, 7) is 2.19. The Morgan fingerprint density at radius 2 is 1.95 bits per heavy atom. The third-order valence-electron chi connectivity index (χ3n) is 2.64. The fourth-order valence-electron chi connectivity index (χ4n) is 1.72. The lowest BCUT2D eigenvalue weighted by Crippen LogP contribution is -2.10. The van der Waals surface area contributed by atoms with Gasteiger partial charge < -0.3 is 19.9 Å². The minimum atomic E-state index is 0.493. The molecule has 19 heavy (non-hydrogen) atoms. The first-order chi connectivity index (χ1) is 9.31. The molecule has 2 aromatic rings. The Kier molecular flexibility index (Phi) is 4.94. The molecule has 0 fully saturated rings. The van der Waals surface area contributed by atoms with Crippen LogP contribution < -0.4 is 10.5 Å². The van der Waals surface area contributed by atoms with E-state index >= 15 is 0 Å². The number of nitrogens with zero attached hydrogens (tertiary/aromatic N) is 1. The van der Waals surface area contributed by atoms with Gasteiger partial charge in [0.2, 0.25) is 0 Å². The number of methoxy groups -OCH3 is 1. The van der Waals surface area contributed by atoms with Crippen molar-refractivity contribution in [2.75, 3.05) is 39.3 Å². The number of anilines is 1. The lowest BCUT2D eigenvalue weighted by atomic mass is 10.2. The van der Waals surface area contributed by atoms with Crippen LogP contribution in [0.1, 0.15) is 0 Å². The minimum Gasteiger partial charge on any atom is -0.490 e. The zero-order valence-corrected chi connectivity index (χ0v) is 11.0. The predicted octanol–water partition coefficient (Wildman–Crippen LogP) is 1.86. The first-order valence-corrected chi connectivity index (χ1v) is 6.15. The zero-order chi connectivity index (χ0) is 13.5. The molecule has 1 aromatic carbocycles. The normalized spacial score (nSPS) is 10.8. The first-order valence-electron chi connectivity index (χ1n) is 6.15. The van der Waals surface area contributed by atoms with E-state index in [-0.39, 0.29) is 0 Å². The van der Waals surface area contributed by atoms with Crippen LogP contribution in [0.25, 0.3) is 10.9 Å². The van der Waals surface area contributed by atoms with Gasteiger partial charge in [0.25, 0.3) is 0 Å². The Labute approximate surface area is 112 Å². The molecule has 102 valence electrons. The number of nitrogens with two attached hydrogens (primary N) is 1. The second-order valence-corrected chi connectivity index (χ2v) is 4.04.